The van der Waals surface area contributed by atoms with Crippen LogP contribution in [0.1, 0.15) is 19.8 Å². The van der Waals surface area contributed by atoms with Crippen LogP contribution in [0.5, 0.6) is 0 Å². The molecule has 0 aliphatic rings. The molecule has 168 valence electrons. The Morgan fingerprint density at radius 3 is 1.36 bits per heavy atom. The lowest BCUT2D eigenvalue weighted by atomic mass is 10.0. The zero-order valence-corrected chi connectivity index (χ0v) is 17.7. The SMILES string of the molecule is CCCC(=O)NC(COCP(=O)(O)O)(COCP(=O)(O)O)COCP(=O)(O)O. The van der Waals surface area contributed by atoms with Crippen molar-refractivity contribution in [1.29, 1.82) is 0 Å². The summed E-state index contributed by atoms with van der Waals surface area (Å²) in [5.74, 6) is -0.568. The van der Waals surface area contributed by atoms with Gasteiger partial charge in [-0.25, -0.2) is 0 Å². The van der Waals surface area contributed by atoms with Gasteiger partial charge < -0.3 is 48.9 Å². The molecule has 7 N–H and O–H groups in total. The Balaban J connectivity index is 5.38. The second-order valence-corrected chi connectivity index (χ2v) is 10.8. The summed E-state index contributed by atoms with van der Waals surface area (Å²) in [5.41, 5.74) is -1.72. The molecule has 0 aromatic heterocycles. The van der Waals surface area contributed by atoms with Crippen LogP contribution in [0.3, 0.4) is 0 Å². The second kappa shape index (κ2) is 11.8. The van der Waals surface area contributed by atoms with E-state index in [0.717, 1.165) is 0 Å². The lowest BCUT2D eigenvalue weighted by Crippen LogP contribution is -2.58. The molecule has 1 amide bonds. The molecule has 0 bridgehead atoms. The molecular weight excluding hydrogens is 447 g/mol. The van der Waals surface area contributed by atoms with Gasteiger partial charge in [-0.3, -0.25) is 18.5 Å². The fraction of sp³-hybridized carbons (Fsp3) is 0.909. The highest BCUT2D eigenvalue weighted by atomic mass is 31.2. The van der Waals surface area contributed by atoms with Crippen LogP contribution in [-0.4, -0.2) is 79.7 Å². The largest absolute Gasteiger partial charge is 0.366 e. The first-order chi connectivity index (χ1) is 12.6. The molecule has 28 heavy (non-hydrogen) atoms. The van der Waals surface area contributed by atoms with Gasteiger partial charge in [-0.05, 0) is 6.42 Å². The topological polar surface area (TPSA) is 229 Å². The molecule has 0 saturated carbocycles. The van der Waals surface area contributed by atoms with Gasteiger partial charge in [0.1, 0.15) is 24.6 Å². The molecule has 0 aromatic rings. The first-order valence-electron chi connectivity index (χ1n) is 7.75. The summed E-state index contributed by atoms with van der Waals surface area (Å²) in [6.07, 6.45) is -2.64. The van der Waals surface area contributed by atoms with Crippen molar-refractivity contribution >= 4 is 28.7 Å². The molecule has 14 nitrogen and oxygen atoms in total. The van der Waals surface area contributed by atoms with E-state index < -0.39 is 73.1 Å². The van der Waals surface area contributed by atoms with Crippen LogP contribution in [0.15, 0.2) is 0 Å². The molecule has 17 heteroatoms. The molecule has 0 unspecified atom stereocenters. The molecule has 0 aliphatic carbocycles. The van der Waals surface area contributed by atoms with Crippen molar-refractivity contribution in [3.8, 4) is 0 Å². The van der Waals surface area contributed by atoms with Crippen molar-refractivity contribution in [3.05, 3.63) is 0 Å². The molecule has 0 atom stereocenters. The minimum absolute atomic E-state index is 0.0250. The molecule has 0 spiro atoms. The van der Waals surface area contributed by atoms with Crippen molar-refractivity contribution < 1.29 is 62.1 Å². The Hall–Kier alpha value is -0.200. The highest BCUT2D eigenvalue weighted by molar-refractivity contribution is 7.52. The van der Waals surface area contributed by atoms with E-state index in [2.05, 4.69) is 5.32 Å². The number of carbonyl (C=O) groups is 1. The first-order valence-corrected chi connectivity index (χ1v) is 13.1. The minimum atomic E-state index is -4.57. The lowest BCUT2D eigenvalue weighted by molar-refractivity contribution is -0.126. The van der Waals surface area contributed by atoms with E-state index >= 15 is 0 Å². The van der Waals surface area contributed by atoms with Crippen LogP contribution < -0.4 is 5.32 Å². The molecule has 0 saturated heterocycles. The quantitative estimate of drug-likeness (QED) is 0.143. The Bertz CT molecular complexity index is 554. The van der Waals surface area contributed by atoms with Crippen molar-refractivity contribution in [2.45, 2.75) is 25.3 Å². The van der Waals surface area contributed by atoms with Gasteiger partial charge in [0.2, 0.25) is 5.91 Å². The maximum absolute atomic E-state index is 12.0. The third-order valence-corrected chi connectivity index (χ3v) is 4.35. The van der Waals surface area contributed by atoms with E-state index in [1.807, 2.05) is 0 Å². The summed E-state index contributed by atoms with van der Waals surface area (Å²) in [6, 6.07) is 0. The molecular formula is C11H26NO13P3. The normalized spacial score (nSPS) is 13.5. The summed E-state index contributed by atoms with van der Waals surface area (Å²) in [5, 5.41) is 2.42. The van der Waals surface area contributed by atoms with E-state index in [1.54, 1.807) is 6.92 Å². The van der Waals surface area contributed by atoms with Crippen molar-refractivity contribution in [2.24, 2.45) is 0 Å². The predicted molar refractivity (Wildman–Crippen MR) is 94.4 cm³/mol. The van der Waals surface area contributed by atoms with Gasteiger partial charge >= 0.3 is 22.8 Å². The Kier molecular flexibility index (Phi) is 11.8. The lowest BCUT2D eigenvalue weighted by Gasteiger charge is -2.34. The Morgan fingerprint density at radius 1 is 0.786 bits per heavy atom. The van der Waals surface area contributed by atoms with Gasteiger partial charge in [-0.15, -0.1) is 0 Å². The van der Waals surface area contributed by atoms with E-state index in [9.17, 15) is 18.5 Å². The van der Waals surface area contributed by atoms with Gasteiger partial charge in [0.05, 0.1) is 19.8 Å². The van der Waals surface area contributed by atoms with Gasteiger partial charge in [0, 0.05) is 6.42 Å². The average Bonchev–Trinajstić information content (AvgIpc) is 2.43. The Labute approximate surface area is 161 Å². The van der Waals surface area contributed by atoms with E-state index in [0.29, 0.717) is 6.42 Å². The zero-order chi connectivity index (χ0) is 22.1. The van der Waals surface area contributed by atoms with Crippen LogP contribution in [0, 0.1) is 0 Å². The van der Waals surface area contributed by atoms with E-state index in [1.165, 1.54) is 0 Å². The smallest absolute Gasteiger partial charge is 0.350 e. The molecule has 0 heterocycles. The molecule has 0 aromatic carbocycles. The van der Waals surface area contributed by atoms with Crippen LogP contribution in [0.25, 0.3) is 0 Å². The number of nitrogens with one attached hydrogen (secondary N) is 1. The highest BCUT2D eigenvalue weighted by Crippen LogP contribution is 2.36. The fourth-order valence-electron chi connectivity index (χ4n) is 1.90. The van der Waals surface area contributed by atoms with Crippen LogP contribution in [0.4, 0.5) is 0 Å². The average molecular weight is 473 g/mol. The Morgan fingerprint density at radius 2 is 1.11 bits per heavy atom. The summed E-state index contributed by atoms with van der Waals surface area (Å²) >= 11 is 0. The van der Waals surface area contributed by atoms with Gasteiger partial charge in [-0.1, -0.05) is 6.92 Å². The monoisotopic (exact) mass is 473 g/mol. The number of hydrogen-bond acceptors (Lipinski definition) is 7. The molecule has 0 radical (unpaired) electrons. The first kappa shape index (κ1) is 27.8. The van der Waals surface area contributed by atoms with Crippen LogP contribution in [-0.2, 0) is 32.7 Å². The molecule has 0 rings (SSSR count). The highest BCUT2D eigenvalue weighted by Gasteiger charge is 2.36. The second-order valence-electron chi connectivity index (χ2n) is 6.01. The summed E-state index contributed by atoms with van der Waals surface area (Å²) in [7, 11) is -13.7. The zero-order valence-electron chi connectivity index (χ0n) is 15.0. The number of rotatable bonds is 15. The third kappa shape index (κ3) is 15.7. The van der Waals surface area contributed by atoms with Crippen molar-refractivity contribution in [2.75, 3.05) is 38.9 Å². The summed E-state index contributed by atoms with van der Waals surface area (Å²) in [4.78, 5) is 65.3. The number of carbonyl (C=O) groups excluding carboxylic acids is 1. The standard InChI is InChI=1S/C11H26NO13P3/c1-2-3-10(13)12-11(4-23-7-26(14,15)16,5-24-8-27(17,18)19)6-25-9-28(20,21)22/h2-9H2,1H3,(H,12,13)(H2,14,15,16)(H2,17,18,19)(H2,20,21,22). The minimum Gasteiger partial charge on any atom is -0.366 e. The summed E-state index contributed by atoms with van der Waals surface area (Å²) < 4.78 is 47.5. The number of amides is 1. The number of hydrogen-bond donors (Lipinski definition) is 7. The number of ether oxygens (including phenoxy) is 3. The summed E-state index contributed by atoms with van der Waals surface area (Å²) in [6.45, 7) is -0.193. The van der Waals surface area contributed by atoms with Gasteiger partial charge in [-0.2, -0.15) is 0 Å². The van der Waals surface area contributed by atoms with Crippen molar-refractivity contribution in [3.63, 3.8) is 0 Å². The van der Waals surface area contributed by atoms with Crippen molar-refractivity contribution in [1.82, 2.24) is 5.32 Å². The van der Waals surface area contributed by atoms with Gasteiger partial charge in [0.25, 0.3) is 0 Å². The molecule has 0 aliphatic heterocycles. The molecule has 0 fully saturated rings. The fourth-order valence-corrected chi connectivity index (χ4v) is 2.89. The van der Waals surface area contributed by atoms with Crippen LogP contribution >= 0.6 is 22.8 Å². The van der Waals surface area contributed by atoms with Crippen LogP contribution in [0.2, 0.25) is 0 Å². The van der Waals surface area contributed by atoms with E-state index in [-0.39, 0.29) is 6.42 Å². The maximum Gasteiger partial charge on any atom is 0.350 e. The van der Waals surface area contributed by atoms with Gasteiger partial charge in [0.15, 0.2) is 0 Å². The maximum atomic E-state index is 12.0. The predicted octanol–water partition coefficient (Wildman–Crippen LogP) is -0.903. The third-order valence-electron chi connectivity index (χ3n) is 2.80. The van der Waals surface area contributed by atoms with E-state index in [4.69, 9.17) is 43.6 Å².